The van der Waals surface area contributed by atoms with E-state index >= 15 is 0 Å². The van der Waals surface area contributed by atoms with Crippen LogP contribution in [-0.2, 0) is 6.42 Å². The van der Waals surface area contributed by atoms with E-state index in [2.05, 4.69) is 24.3 Å². The fourth-order valence-electron chi connectivity index (χ4n) is 2.35. The number of aliphatic hydroxyl groups is 1. The van der Waals surface area contributed by atoms with Gasteiger partial charge in [-0.05, 0) is 37.2 Å². The zero-order valence-electron chi connectivity index (χ0n) is 8.52. The summed E-state index contributed by atoms with van der Waals surface area (Å²) < 4.78 is 0. The highest BCUT2D eigenvalue weighted by molar-refractivity contribution is 5.14. The second kappa shape index (κ2) is 4.61. The van der Waals surface area contributed by atoms with E-state index in [1.54, 1.807) is 0 Å². The van der Waals surface area contributed by atoms with Crippen LogP contribution in [0.1, 0.15) is 31.2 Å². The van der Waals surface area contributed by atoms with E-state index in [-0.39, 0.29) is 6.10 Å². The molecule has 0 radical (unpaired) electrons. The maximum absolute atomic E-state index is 9.67. The number of benzene rings is 1. The quantitative estimate of drug-likeness (QED) is 0.777. The molecule has 0 spiro atoms. The summed E-state index contributed by atoms with van der Waals surface area (Å²) in [6, 6.07) is 10.6. The molecule has 1 N–H and O–H groups in total. The molecule has 1 saturated carbocycles. The normalized spacial score (nSPS) is 26.6. The minimum absolute atomic E-state index is 0.0290. The largest absolute Gasteiger partial charge is 0.393 e. The summed E-state index contributed by atoms with van der Waals surface area (Å²) in [5, 5.41) is 9.67. The van der Waals surface area contributed by atoms with Crippen molar-refractivity contribution in [3.8, 4) is 0 Å². The third-order valence-corrected chi connectivity index (χ3v) is 3.27. The minimum Gasteiger partial charge on any atom is -0.393 e. The molecule has 0 heterocycles. The molecule has 0 amide bonds. The molecule has 14 heavy (non-hydrogen) atoms. The Labute approximate surface area is 85.8 Å². The maximum atomic E-state index is 9.67. The van der Waals surface area contributed by atoms with Crippen LogP contribution in [0.3, 0.4) is 0 Å². The summed E-state index contributed by atoms with van der Waals surface area (Å²) in [7, 11) is 0. The summed E-state index contributed by atoms with van der Waals surface area (Å²) in [6.45, 7) is 0. The van der Waals surface area contributed by atoms with Crippen LogP contribution in [0, 0.1) is 5.92 Å². The number of rotatable bonds is 3. The fourth-order valence-corrected chi connectivity index (χ4v) is 2.35. The highest BCUT2D eigenvalue weighted by Crippen LogP contribution is 2.29. The zero-order chi connectivity index (χ0) is 9.80. The first kappa shape index (κ1) is 9.72. The number of hydrogen-bond donors (Lipinski definition) is 1. The summed E-state index contributed by atoms with van der Waals surface area (Å²) in [6.07, 6.45) is 5.67. The number of aryl methyl sites for hydroxylation is 1. The molecule has 2 unspecified atom stereocenters. The fraction of sp³-hybridized carbons (Fsp3) is 0.538. The zero-order valence-corrected chi connectivity index (χ0v) is 8.52. The molecule has 1 fully saturated rings. The van der Waals surface area contributed by atoms with Gasteiger partial charge in [0.2, 0.25) is 0 Å². The molecule has 1 aromatic carbocycles. The van der Waals surface area contributed by atoms with Crippen LogP contribution in [0.25, 0.3) is 0 Å². The molecule has 1 aliphatic rings. The van der Waals surface area contributed by atoms with Crippen molar-refractivity contribution in [1.82, 2.24) is 0 Å². The highest BCUT2D eigenvalue weighted by atomic mass is 16.3. The van der Waals surface area contributed by atoms with Crippen LogP contribution in [0.2, 0.25) is 0 Å². The Hall–Kier alpha value is -0.820. The Morgan fingerprint density at radius 3 is 2.57 bits per heavy atom. The molecule has 1 aromatic rings. The van der Waals surface area contributed by atoms with Gasteiger partial charge in [0.05, 0.1) is 6.10 Å². The van der Waals surface area contributed by atoms with Gasteiger partial charge in [-0.25, -0.2) is 0 Å². The van der Waals surface area contributed by atoms with Gasteiger partial charge in [0.15, 0.2) is 0 Å². The Morgan fingerprint density at radius 1 is 1.14 bits per heavy atom. The Balaban J connectivity index is 1.82. The topological polar surface area (TPSA) is 20.2 Å². The van der Waals surface area contributed by atoms with Gasteiger partial charge < -0.3 is 5.11 Å². The van der Waals surface area contributed by atoms with Gasteiger partial charge in [0.1, 0.15) is 0 Å². The van der Waals surface area contributed by atoms with Gasteiger partial charge in [-0.3, -0.25) is 0 Å². The van der Waals surface area contributed by atoms with Crippen molar-refractivity contribution < 1.29 is 5.11 Å². The van der Waals surface area contributed by atoms with E-state index in [4.69, 9.17) is 0 Å². The third-order valence-electron chi connectivity index (χ3n) is 3.27. The van der Waals surface area contributed by atoms with Crippen molar-refractivity contribution in [1.29, 1.82) is 0 Å². The predicted molar refractivity (Wildman–Crippen MR) is 58.1 cm³/mol. The average Bonchev–Trinajstić information content (AvgIpc) is 2.63. The van der Waals surface area contributed by atoms with E-state index in [9.17, 15) is 5.11 Å². The summed E-state index contributed by atoms with van der Waals surface area (Å²) >= 11 is 0. The van der Waals surface area contributed by atoms with Crippen LogP contribution in [0.5, 0.6) is 0 Å². The Morgan fingerprint density at radius 2 is 1.93 bits per heavy atom. The van der Waals surface area contributed by atoms with Crippen molar-refractivity contribution in [3.05, 3.63) is 35.9 Å². The van der Waals surface area contributed by atoms with Crippen molar-refractivity contribution in [2.75, 3.05) is 0 Å². The molecule has 0 bridgehead atoms. The average molecular weight is 190 g/mol. The van der Waals surface area contributed by atoms with Crippen molar-refractivity contribution in [2.45, 2.75) is 38.2 Å². The van der Waals surface area contributed by atoms with Gasteiger partial charge in [0, 0.05) is 0 Å². The second-order valence-corrected chi connectivity index (χ2v) is 4.28. The van der Waals surface area contributed by atoms with Gasteiger partial charge in [-0.15, -0.1) is 0 Å². The van der Waals surface area contributed by atoms with Crippen LogP contribution >= 0.6 is 0 Å². The maximum Gasteiger partial charge on any atom is 0.0568 e. The molecule has 0 saturated heterocycles. The van der Waals surface area contributed by atoms with Crippen LogP contribution in [-0.4, -0.2) is 11.2 Å². The molecule has 0 aromatic heterocycles. The van der Waals surface area contributed by atoms with E-state index in [0.29, 0.717) is 5.92 Å². The molecule has 2 rings (SSSR count). The first-order valence-electron chi connectivity index (χ1n) is 5.58. The second-order valence-electron chi connectivity index (χ2n) is 4.28. The van der Waals surface area contributed by atoms with Gasteiger partial charge in [-0.2, -0.15) is 0 Å². The number of hydrogen-bond acceptors (Lipinski definition) is 1. The van der Waals surface area contributed by atoms with E-state index < -0.39 is 0 Å². The summed E-state index contributed by atoms with van der Waals surface area (Å²) in [5.41, 5.74) is 1.40. The molecule has 2 atom stereocenters. The first-order valence-corrected chi connectivity index (χ1v) is 5.58. The molecule has 76 valence electrons. The SMILES string of the molecule is OC1CCCC1CCc1ccccc1. The molecule has 1 nitrogen and oxygen atoms in total. The van der Waals surface area contributed by atoms with Crippen LogP contribution in [0.4, 0.5) is 0 Å². The summed E-state index contributed by atoms with van der Waals surface area (Å²) in [4.78, 5) is 0. The third kappa shape index (κ3) is 2.36. The molecule has 1 aliphatic carbocycles. The first-order chi connectivity index (χ1) is 6.86. The smallest absolute Gasteiger partial charge is 0.0568 e. The molecule has 1 heteroatoms. The lowest BCUT2D eigenvalue weighted by molar-refractivity contribution is 0.128. The Kier molecular flexibility index (Phi) is 3.20. The van der Waals surface area contributed by atoms with Crippen molar-refractivity contribution in [3.63, 3.8) is 0 Å². The molecular formula is C13H18O. The number of aliphatic hydroxyl groups excluding tert-OH is 1. The predicted octanol–water partition coefficient (Wildman–Crippen LogP) is 2.78. The van der Waals surface area contributed by atoms with Gasteiger partial charge >= 0.3 is 0 Å². The van der Waals surface area contributed by atoms with E-state index in [1.165, 1.54) is 18.4 Å². The van der Waals surface area contributed by atoms with Gasteiger partial charge in [0.25, 0.3) is 0 Å². The highest BCUT2D eigenvalue weighted by Gasteiger charge is 2.24. The Bertz CT molecular complexity index is 268. The van der Waals surface area contributed by atoms with E-state index in [1.807, 2.05) is 6.07 Å². The lowest BCUT2D eigenvalue weighted by atomic mass is 9.97. The molecular weight excluding hydrogens is 172 g/mol. The summed E-state index contributed by atoms with van der Waals surface area (Å²) in [5.74, 6) is 0.551. The van der Waals surface area contributed by atoms with Gasteiger partial charge in [-0.1, -0.05) is 36.8 Å². The standard InChI is InChI=1S/C13H18O/c14-13-8-4-7-12(13)10-9-11-5-2-1-3-6-11/h1-3,5-6,12-14H,4,7-10H2. The molecule has 0 aliphatic heterocycles. The van der Waals surface area contributed by atoms with Crippen LogP contribution in [0.15, 0.2) is 30.3 Å². The minimum atomic E-state index is -0.0290. The van der Waals surface area contributed by atoms with E-state index in [0.717, 1.165) is 19.3 Å². The van der Waals surface area contributed by atoms with Crippen molar-refractivity contribution in [2.24, 2.45) is 5.92 Å². The monoisotopic (exact) mass is 190 g/mol. The lowest BCUT2D eigenvalue weighted by Crippen LogP contribution is -2.13. The van der Waals surface area contributed by atoms with Crippen LogP contribution < -0.4 is 0 Å². The van der Waals surface area contributed by atoms with Crippen molar-refractivity contribution >= 4 is 0 Å². The lowest BCUT2D eigenvalue weighted by Gasteiger charge is -2.13.